The molecule has 1 aliphatic heterocycles. The lowest BCUT2D eigenvalue weighted by molar-refractivity contribution is 0.0787. The quantitative estimate of drug-likeness (QED) is 0.780. The smallest absolute Gasteiger partial charge is 0.253 e. The fraction of sp³-hybridized carbons (Fsp3) is 0.500. The SMILES string of the molecule is COc1ccc(C(=O)N2CCC(CCCl)C2)cc1Br. The molecule has 0 aromatic heterocycles. The van der Waals surface area contributed by atoms with Crippen LogP contribution < -0.4 is 4.74 Å². The first-order valence-electron chi connectivity index (χ1n) is 6.34. The first kappa shape index (κ1) is 14.7. The van der Waals surface area contributed by atoms with Gasteiger partial charge in [-0.3, -0.25) is 4.79 Å². The van der Waals surface area contributed by atoms with Crippen LogP contribution in [0.15, 0.2) is 22.7 Å². The van der Waals surface area contributed by atoms with Crippen molar-refractivity contribution in [3.05, 3.63) is 28.2 Å². The van der Waals surface area contributed by atoms with Gasteiger partial charge < -0.3 is 9.64 Å². The molecular formula is C14H17BrClNO2. The number of carbonyl (C=O) groups is 1. The molecule has 0 radical (unpaired) electrons. The number of methoxy groups -OCH3 is 1. The van der Waals surface area contributed by atoms with Gasteiger partial charge in [0.25, 0.3) is 5.91 Å². The highest BCUT2D eigenvalue weighted by Gasteiger charge is 2.26. The molecule has 3 nitrogen and oxygen atoms in total. The maximum absolute atomic E-state index is 12.4. The Morgan fingerprint density at radius 1 is 1.58 bits per heavy atom. The van der Waals surface area contributed by atoms with Crippen molar-refractivity contribution in [3.63, 3.8) is 0 Å². The lowest BCUT2D eigenvalue weighted by Crippen LogP contribution is -2.28. The van der Waals surface area contributed by atoms with Gasteiger partial charge in [0, 0.05) is 24.5 Å². The topological polar surface area (TPSA) is 29.5 Å². The molecule has 1 heterocycles. The number of likely N-dealkylation sites (tertiary alicyclic amines) is 1. The highest BCUT2D eigenvalue weighted by molar-refractivity contribution is 9.10. The van der Waals surface area contributed by atoms with Crippen molar-refractivity contribution in [1.29, 1.82) is 0 Å². The number of carbonyl (C=O) groups excluding carboxylic acids is 1. The van der Waals surface area contributed by atoms with Crippen molar-refractivity contribution in [2.45, 2.75) is 12.8 Å². The van der Waals surface area contributed by atoms with E-state index in [1.165, 1.54) is 0 Å². The van der Waals surface area contributed by atoms with Crippen molar-refractivity contribution in [3.8, 4) is 5.75 Å². The van der Waals surface area contributed by atoms with Gasteiger partial charge in [-0.1, -0.05) is 0 Å². The summed E-state index contributed by atoms with van der Waals surface area (Å²) in [5.74, 6) is 2.03. The van der Waals surface area contributed by atoms with Gasteiger partial charge in [0.1, 0.15) is 5.75 Å². The average Bonchev–Trinajstić information content (AvgIpc) is 2.87. The van der Waals surface area contributed by atoms with Crippen LogP contribution in [0.4, 0.5) is 0 Å². The van der Waals surface area contributed by atoms with Gasteiger partial charge in [-0.25, -0.2) is 0 Å². The molecule has 2 rings (SSSR count). The molecule has 19 heavy (non-hydrogen) atoms. The zero-order valence-electron chi connectivity index (χ0n) is 10.9. The van der Waals surface area contributed by atoms with Gasteiger partial charge in [-0.2, -0.15) is 0 Å². The predicted octanol–water partition coefficient (Wildman–Crippen LogP) is 3.55. The predicted molar refractivity (Wildman–Crippen MR) is 80.0 cm³/mol. The van der Waals surface area contributed by atoms with E-state index in [0.29, 0.717) is 17.4 Å². The number of hydrogen-bond donors (Lipinski definition) is 0. The normalized spacial score (nSPS) is 18.7. The standard InChI is InChI=1S/C14H17BrClNO2/c1-19-13-3-2-11(8-12(13)15)14(18)17-7-5-10(9-17)4-6-16/h2-3,8,10H,4-7,9H2,1H3. The maximum Gasteiger partial charge on any atom is 0.253 e. The molecular weight excluding hydrogens is 330 g/mol. The van der Waals surface area contributed by atoms with Crippen LogP contribution in [-0.2, 0) is 0 Å². The zero-order chi connectivity index (χ0) is 13.8. The summed E-state index contributed by atoms with van der Waals surface area (Å²) in [6, 6.07) is 5.43. The first-order chi connectivity index (χ1) is 9.15. The summed E-state index contributed by atoms with van der Waals surface area (Å²) in [5.41, 5.74) is 0.694. The monoisotopic (exact) mass is 345 g/mol. The Kier molecular flexibility index (Phi) is 5.11. The van der Waals surface area contributed by atoms with Gasteiger partial charge in [-0.15, -0.1) is 11.6 Å². The summed E-state index contributed by atoms with van der Waals surface area (Å²) < 4.78 is 5.97. The molecule has 0 bridgehead atoms. The minimum atomic E-state index is 0.0837. The van der Waals surface area contributed by atoms with Crippen LogP contribution in [0, 0.1) is 5.92 Å². The second kappa shape index (κ2) is 6.62. The van der Waals surface area contributed by atoms with E-state index in [2.05, 4.69) is 15.9 Å². The summed E-state index contributed by atoms with van der Waals surface area (Å²) in [4.78, 5) is 14.3. The maximum atomic E-state index is 12.4. The van der Waals surface area contributed by atoms with Gasteiger partial charge in [-0.05, 0) is 52.9 Å². The fourth-order valence-electron chi connectivity index (χ4n) is 2.39. The number of alkyl halides is 1. The molecule has 0 aliphatic carbocycles. The molecule has 1 fully saturated rings. The number of ether oxygens (including phenoxy) is 1. The van der Waals surface area contributed by atoms with Crippen molar-refractivity contribution in [2.75, 3.05) is 26.1 Å². The zero-order valence-corrected chi connectivity index (χ0v) is 13.2. The van der Waals surface area contributed by atoms with Crippen LogP contribution >= 0.6 is 27.5 Å². The van der Waals surface area contributed by atoms with Crippen LogP contribution in [0.3, 0.4) is 0 Å². The summed E-state index contributed by atoms with van der Waals surface area (Å²) in [6.07, 6.45) is 2.04. The number of nitrogens with zero attached hydrogens (tertiary/aromatic N) is 1. The van der Waals surface area contributed by atoms with E-state index in [-0.39, 0.29) is 5.91 Å². The minimum absolute atomic E-state index is 0.0837. The summed E-state index contributed by atoms with van der Waals surface area (Å²) >= 11 is 9.16. The Morgan fingerprint density at radius 2 is 2.37 bits per heavy atom. The van der Waals surface area contributed by atoms with Crippen molar-refractivity contribution in [1.82, 2.24) is 4.90 Å². The van der Waals surface area contributed by atoms with E-state index in [1.54, 1.807) is 13.2 Å². The molecule has 5 heteroatoms. The van der Waals surface area contributed by atoms with E-state index >= 15 is 0 Å². The molecule has 1 saturated heterocycles. The van der Waals surface area contributed by atoms with Crippen molar-refractivity contribution >= 4 is 33.4 Å². The Hall–Kier alpha value is -0.740. The van der Waals surface area contributed by atoms with Crippen molar-refractivity contribution in [2.24, 2.45) is 5.92 Å². The molecule has 104 valence electrons. The summed E-state index contributed by atoms with van der Waals surface area (Å²) in [7, 11) is 1.61. The lowest BCUT2D eigenvalue weighted by atomic mass is 10.1. The van der Waals surface area contributed by atoms with E-state index < -0.39 is 0 Å². The van der Waals surface area contributed by atoms with Gasteiger partial charge in [0.2, 0.25) is 0 Å². The Morgan fingerprint density at radius 3 is 3.00 bits per heavy atom. The first-order valence-corrected chi connectivity index (χ1v) is 7.67. The third-order valence-corrected chi connectivity index (χ3v) is 4.33. The Bertz CT molecular complexity index is 467. The molecule has 1 aliphatic rings. The molecule has 1 aromatic rings. The second-order valence-corrected chi connectivity index (χ2v) is 5.97. The summed E-state index contributed by atoms with van der Waals surface area (Å²) in [5, 5.41) is 0. The Balaban J connectivity index is 2.06. The largest absolute Gasteiger partial charge is 0.496 e. The van der Waals surface area contributed by atoms with Crippen molar-refractivity contribution < 1.29 is 9.53 Å². The third kappa shape index (κ3) is 3.42. The molecule has 1 unspecified atom stereocenters. The van der Waals surface area contributed by atoms with Crippen LogP contribution in [0.5, 0.6) is 5.75 Å². The number of halogens is 2. The number of benzene rings is 1. The van der Waals surface area contributed by atoms with Gasteiger partial charge in [0.15, 0.2) is 0 Å². The van der Waals surface area contributed by atoms with E-state index in [0.717, 1.165) is 36.2 Å². The molecule has 0 saturated carbocycles. The molecule has 0 spiro atoms. The number of hydrogen-bond acceptors (Lipinski definition) is 2. The second-order valence-electron chi connectivity index (χ2n) is 4.73. The molecule has 0 N–H and O–H groups in total. The van der Waals surface area contributed by atoms with Crippen LogP contribution in [-0.4, -0.2) is 36.9 Å². The molecule has 1 atom stereocenters. The van der Waals surface area contributed by atoms with E-state index in [9.17, 15) is 4.79 Å². The molecule has 1 aromatic carbocycles. The van der Waals surface area contributed by atoms with Crippen LogP contribution in [0.2, 0.25) is 0 Å². The lowest BCUT2D eigenvalue weighted by Gasteiger charge is -2.17. The van der Waals surface area contributed by atoms with Crippen LogP contribution in [0.1, 0.15) is 23.2 Å². The molecule has 1 amide bonds. The summed E-state index contributed by atoms with van der Waals surface area (Å²) in [6.45, 7) is 1.64. The average molecular weight is 347 g/mol. The van der Waals surface area contributed by atoms with E-state index in [1.807, 2.05) is 17.0 Å². The number of rotatable bonds is 4. The van der Waals surface area contributed by atoms with Gasteiger partial charge in [0.05, 0.1) is 11.6 Å². The van der Waals surface area contributed by atoms with E-state index in [4.69, 9.17) is 16.3 Å². The van der Waals surface area contributed by atoms with Gasteiger partial charge >= 0.3 is 0 Å². The fourth-order valence-corrected chi connectivity index (χ4v) is 3.24. The highest BCUT2D eigenvalue weighted by atomic mass is 79.9. The highest BCUT2D eigenvalue weighted by Crippen LogP contribution is 2.27. The number of amides is 1. The Labute approximate surface area is 127 Å². The minimum Gasteiger partial charge on any atom is -0.496 e. The van der Waals surface area contributed by atoms with Crippen LogP contribution in [0.25, 0.3) is 0 Å². The third-order valence-electron chi connectivity index (χ3n) is 3.49.